The summed E-state index contributed by atoms with van der Waals surface area (Å²) in [5, 5.41) is 3.62. The van der Waals surface area contributed by atoms with Gasteiger partial charge in [-0.15, -0.1) is 0 Å². The lowest BCUT2D eigenvalue weighted by Gasteiger charge is -2.11. The number of aromatic nitrogens is 1. The standard InChI is InChI=1S/C18H24N2/c1-14-11-16(12-19-13-18(3)9-10-18)15(2)20(14)17-7-5-4-6-8-17/h4-8,11,19H,9-10,12-13H2,1-3H3. The maximum Gasteiger partial charge on any atom is 0.0455 e. The first kappa shape index (κ1) is 13.4. The molecule has 2 aromatic rings. The lowest BCUT2D eigenvalue weighted by atomic mass is 10.1. The highest BCUT2D eigenvalue weighted by atomic mass is 15.0. The van der Waals surface area contributed by atoms with Gasteiger partial charge in [0.1, 0.15) is 0 Å². The van der Waals surface area contributed by atoms with E-state index >= 15 is 0 Å². The molecule has 2 nitrogen and oxygen atoms in total. The molecule has 0 bridgehead atoms. The molecule has 1 aliphatic rings. The Morgan fingerprint density at radius 3 is 2.50 bits per heavy atom. The van der Waals surface area contributed by atoms with E-state index in [0.29, 0.717) is 5.41 Å². The molecule has 0 saturated heterocycles. The predicted molar refractivity (Wildman–Crippen MR) is 84.3 cm³/mol. The van der Waals surface area contributed by atoms with Crippen molar-refractivity contribution >= 4 is 0 Å². The van der Waals surface area contributed by atoms with Crippen molar-refractivity contribution in [2.75, 3.05) is 6.54 Å². The van der Waals surface area contributed by atoms with Crippen molar-refractivity contribution in [1.29, 1.82) is 0 Å². The molecule has 1 aliphatic carbocycles. The van der Waals surface area contributed by atoms with Gasteiger partial charge < -0.3 is 9.88 Å². The van der Waals surface area contributed by atoms with Gasteiger partial charge in [-0.3, -0.25) is 0 Å². The molecule has 0 unspecified atom stereocenters. The zero-order chi connectivity index (χ0) is 14.2. The lowest BCUT2D eigenvalue weighted by Crippen LogP contribution is -2.21. The van der Waals surface area contributed by atoms with Crippen LogP contribution >= 0.6 is 0 Å². The van der Waals surface area contributed by atoms with Crippen LogP contribution in [0, 0.1) is 19.3 Å². The highest BCUT2D eigenvalue weighted by Crippen LogP contribution is 2.44. The maximum absolute atomic E-state index is 3.62. The molecule has 1 N–H and O–H groups in total. The summed E-state index contributed by atoms with van der Waals surface area (Å²) >= 11 is 0. The van der Waals surface area contributed by atoms with Crippen LogP contribution in [0.5, 0.6) is 0 Å². The molecule has 0 radical (unpaired) electrons. The number of aryl methyl sites for hydroxylation is 1. The highest BCUT2D eigenvalue weighted by molar-refractivity contribution is 5.40. The van der Waals surface area contributed by atoms with E-state index in [1.54, 1.807) is 0 Å². The third-order valence-corrected chi connectivity index (χ3v) is 4.52. The lowest BCUT2D eigenvalue weighted by molar-refractivity contribution is 0.499. The predicted octanol–water partition coefficient (Wildman–Crippen LogP) is 3.98. The number of nitrogens with zero attached hydrogens (tertiary/aromatic N) is 1. The van der Waals surface area contributed by atoms with E-state index < -0.39 is 0 Å². The quantitative estimate of drug-likeness (QED) is 0.868. The Kier molecular flexibility index (Phi) is 3.43. The van der Waals surface area contributed by atoms with Gasteiger partial charge in [0.25, 0.3) is 0 Å². The Morgan fingerprint density at radius 1 is 1.15 bits per heavy atom. The number of rotatable bonds is 5. The van der Waals surface area contributed by atoms with Crippen molar-refractivity contribution in [3.05, 3.63) is 53.3 Å². The van der Waals surface area contributed by atoms with E-state index in [9.17, 15) is 0 Å². The van der Waals surface area contributed by atoms with Crippen LogP contribution in [0.4, 0.5) is 0 Å². The summed E-state index contributed by atoms with van der Waals surface area (Å²) in [6.45, 7) is 8.89. The monoisotopic (exact) mass is 268 g/mol. The number of hydrogen-bond donors (Lipinski definition) is 1. The minimum absolute atomic E-state index is 0.574. The van der Waals surface area contributed by atoms with Crippen molar-refractivity contribution in [3.8, 4) is 5.69 Å². The summed E-state index contributed by atoms with van der Waals surface area (Å²) in [7, 11) is 0. The zero-order valence-corrected chi connectivity index (χ0v) is 12.7. The van der Waals surface area contributed by atoms with Gasteiger partial charge in [0.15, 0.2) is 0 Å². The Hall–Kier alpha value is -1.54. The van der Waals surface area contributed by atoms with Crippen LogP contribution in [0.15, 0.2) is 36.4 Å². The molecule has 1 aromatic carbocycles. The van der Waals surface area contributed by atoms with Crippen molar-refractivity contribution in [2.24, 2.45) is 5.41 Å². The van der Waals surface area contributed by atoms with E-state index in [1.165, 1.54) is 35.5 Å². The van der Waals surface area contributed by atoms with Gasteiger partial charge in [-0.2, -0.15) is 0 Å². The summed E-state index contributed by atoms with van der Waals surface area (Å²) in [5.41, 5.74) is 5.90. The molecule has 2 heteroatoms. The second-order valence-electron chi connectivity index (χ2n) is 6.48. The van der Waals surface area contributed by atoms with Crippen LogP contribution in [-0.4, -0.2) is 11.1 Å². The fourth-order valence-electron chi connectivity index (χ4n) is 2.87. The number of nitrogens with one attached hydrogen (secondary N) is 1. The van der Waals surface area contributed by atoms with Crippen LogP contribution in [0.1, 0.15) is 36.7 Å². The number of benzene rings is 1. The SMILES string of the molecule is Cc1cc(CNCC2(C)CC2)c(C)n1-c1ccccc1. The molecule has 20 heavy (non-hydrogen) atoms. The Balaban J connectivity index is 1.76. The van der Waals surface area contributed by atoms with Gasteiger partial charge in [-0.1, -0.05) is 25.1 Å². The van der Waals surface area contributed by atoms with Crippen LogP contribution in [0.3, 0.4) is 0 Å². The fraction of sp³-hybridized carbons (Fsp3) is 0.444. The van der Waals surface area contributed by atoms with E-state index in [4.69, 9.17) is 0 Å². The highest BCUT2D eigenvalue weighted by Gasteiger charge is 2.36. The smallest absolute Gasteiger partial charge is 0.0455 e. The fourth-order valence-corrected chi connectivity index (χ4v) is 2.87. The van der Waals surface area contributed by atoms with Crippen molar-refractivity contribution in [2.45, 2.75) is 40.2 Å². The van der Waals surface area contributed by atoms with Gasteiger partial charge in [0, 0.05) is 30.2 Å². The molecule has 0 spiro atoms. The minimum atomic E-state index is 0.574. The molecule has 0 amide bonds. The molecule has 106 valence electrons. The Bertz CT molecular complexity index is 591. The summed E-state index contributed by atoms with van der Waals surface area (Å²) in [5.74, 6) is 0. The zero-order valence-electron chi connectivity index (χ0n) is 12.7. The molecule has 1 saturated carbocycles. The summed E-state index contributed by atoms with van der Waals surface area (Å²) < 4.78 is 2.34. The van der Waals surface area contributed by atoms with Gasteiger partial charge in [-0.25, -0.2) is 0 Å². The Morgan fingerprint density at radius 2 is 1.85 bits per heavy atom. The molecule has 1 aromatic heterocycles. The van der Waals surface area contributed by atoms with Crippen molar-refractivity contribution in [3.63, 3.8) is 0 Å². The van der Waals surface area contributed by atoms with E-state index in [-0.39, 0.29) is 0 Å². The third kappa shape index (κ3) is 2.66. The van der Waals surface area contributed by atoms with Gasteiger partial charge in [0.05, 0.1) is 0 Å². The van der Waals surface area contributed by atoms with Gasteiger partial charge in [-0.05, 0) is 55.9 Å². The second kappa shape index (κ2) is 5.10. The van der Waals surface area contributed by atoms with E-state index in [1.807, 2.05) is 0 Å². The molecule has 0 atom stereocenters. The molecular formula is C18H24N2. The summed E-state index contributed by atoms with van der Waals surface area (Å²) in [6, 6.07) is 12.9. The molecule has 0 aliphatic heterocycles. The maximum atomic E-state index is 3.62. The third-order valence-electron chi connectivity index (χ3n) is 4.52. The first-order valence-electron chi connectivity index (χ1n) is 7.53. The molecular weight excluding hydrogens is 244 g/mol. The van der Waals surface area contributed by atoms with Gasteiger partial charge >= 0.3 is 0 Å². The average molecular weight is 268 g/mol. The molecule has 1 heterocycles. The van der Waals surface area contributed by atoms with Crippen LogP contribution in [0.2, 0.25) is 0 Å². The van der Waals surface area contributed by atoms with Crippen molar-refractivity contribution < 1.29 is 0 Å². The topological polar surface area (TPSA) is 17.0 Å². The number of hydrogen-bond acceptors (Lipinski definition) is 1. The molecule has 1 fully saturated rings. The van der Waals surface area contributed by atoms with Crippen LogP contribution < -0.4 is 5.32 Å². The minimum Gasteiger partial charge on any atom is -0.318 e. The van der Waals surface area contributed by atoms with Gasteiger partial charge in [0.2, 0.25) is 0 Å². The van der Waals surface area contributed by atoms with Crippen LogP contribution in [0.25, 0.3) is 5.69 Å². The summed E-state index contributed by atoms with van der Waals surface area (Å²) in [6.07, 6.45) is 2.76. The largest absolute Gasteiger partial charge is 0.318 e. The van der Waals surface area contributed by atoms with Crippen molar-refractivity contribution in [1.82, 2.24) is 9.88 Å². The normalized spacial score (nSPS) is 16.4. The van der Waals surface area contributed by atoms with Crippen LogP contribution in [-0.2, 0) is 6.54 Å². The van der Waals surface area contributed by atoms with E-state index in [0.717, 1.165) is 13.1 Å². The van der Waals surface area contributed by atoms with E-state index in [2.05, 4.69) is 67.1 Å². The first-order chi connectivity index (χ1) is 9.59. The average Bonchev–Trinajstić information content (AvgIpc) is 3.09. The Labute approximate surface area is 121 Å². The second-order valence-corrected chi connectivity index (χ2v) is 6.48. The first-order valence-corrected chi connectivity index (χ1v) is 7.53. The number of para-hydroxylation sites is 1. The molecule has 3 rings (SSSR count). The summed E-state index contributed by atoms with van der Waals surface area (Å²) in [4.78, 5) is 0.